The van der Waals surface area contributed by atoms with E-state index < -0.39 is 18.6 Å². The van der Waals surface area contributed by atoms with Gasteiger partial charge in [-0.2, -0.15) is 13.2 Å². The van der Waals surface area contributed by atoms with E-state index in [0.29, 0.717) is 4.47 Å². The van der Waals surface area contributed by atoms with Crippen LogP contribution in [0, 0.1) is 0 Å². The van der Waals surface area contributed by atoms with Crippen molar-refractivity contribution in [3.63, 3.8) is 0 Å². The first kappa shape index (κ1) is 13.0. The van der Waals surface area contributed by atoms with Gasteiger partial charge < -0.3 is 4.74 Å². The normalized spacial score (nSPS) is 11.3. The van der Waals surface area contributed by atoms with Gasteiger partial charge in [-0.25, -0.2) is 0 Å². The molecule has 0 aromatic heterocycles. The molecule has 0 fully saturated rings. The Labute approximate surface area is 98.5 Å². The van der Waals surface area contributed by atoms with Gasteiger partial charge in [0.2, 0.25) is 0 Å². The first-order chi connectivity index (χ1) is 7.28. The van der Waals surface area contributed by atoms with Gasteiger partial charge in [-0.3, -0.25) is 4.79 Å². The summed E-state index contributed by atoms with van der Waals surface area (Å²) in [6, 6.07) is 4.12. The maximum absolute atomic E-state index is 12.2. The monoisotopic (exact) mass is 296 g/mol. The predicted molar refractivity (Wildman–Crippen MR) is 55.2 cm³/mol. The molecule has 0 heterocycles. The Morgan fingerprint density at radius 2 is 2.06 bits per heavy atom. The molecule has 0 unspecified atom stereocenters. The number of hydrogen-bond acceptors (Lipinski definition) is 2. The number of rotatable bonds is 2. The number of carbonyl (C=O) groups excluding carboxylic acids is 1. The van der Waals surface area contributed by atoms with Crippen molar-refractivity contribution in [1.82, 2.24) is 0 Å². The van der Waals surface area contributed by atoms with Gasteiger partial charge in [0.25, 0.3) is 0 Å². The van der Waals surface area contributed by atoms with E-state index in [1.165, 1.54) is 18.2 Å². The van der Waals surface area contributed by atoms with E-state index in [-0.39, 0.29) is 11.3 Å². The van der Waals surface area contributed by atoms with Crippen LogP contribution in [0.1, 0.15) is 12.5 Å². The van der Waals surface area contributed by atoms with E-state index in [1.807, 2.05) is 0 Å². The van der Waals surface area contributed by atoms with Crippen LogP contribution in [0.5, 0.6) is 5.75 Å². The van der Waals surface area contributed by atoms with Crippen molar-refractivity contribution in [3.8, 4) is 5.75 Å². The number of halogens is 4. The molecule has 0 aliphatic rings. The van der Waals surface area contributed by atoms with E-state index in [1.54, 1.807) is 0 Å². The van der Waals surface area contributed by atoms with Crippen LogP contribution in [0.15, 0.2) is 22.7 Å². The zero-order valence-electron chi connectivity index (χ0n) is 8.27. The Hall–Kier alpha value is -1.04. The second-order valence-electron chi connectivity index (χ2n) is 3.14. The summed E-state index contributed by atoms with van der Waals surface area (Å²) < 4.78 is 41.9. The van der Waals surface area contributed by atoms with E-state index in [2.05, 4.69) is 20.7 Å². The average Bonchev–Trinajstić information content (AvgIpc) is 2.06. The van der Waals surface area contributed by atoms with Crippen LogP contribution in [0.25, 0.3) is 0 Å². The van der Waals surface area contributed by atoms with Gasteiger partial charge in [-0.05, 0) is 18.2 Å². The zero-order valence-corrected chi connectivity index (χ0v) is 9.85. The van der Waals surface area contributed by atoms with Crippen LogP contribution in [0.4, 0.5) is 13.2 Å². The van der Waals surface area contributed by atoms with Gasteiger partial charge in [0.05, 0.1) is 6.42 Å². The minimum absolute atomic E-state index is 0.0620. The maximum atomic E-state index is 12.2. The molecule has 88 valence electrons. The van der Waals surface area contributed by atoms with Gasteiger partial charge in [0.15, 0.2) is 0 Å². The van der Waals surface area contributed by atoms with E-state index in [4.69, 9.17) is 0 Å². The predicted octanol–water partition coefficient (Wildman–Crippen LogP) is 3.48. The summed E-state index contributed by atoms with van der Waals surface area (Å²) in [6.45, 7) is 1.14. The summed E-state index contributed by atoms with van der Waals surface area (Å²) in [5.74, 6) is -0.709. The van der Waals surface area contributed by atoms with Crippen LogP contribution < -0.4 is 4.74 Å². The van der Waals surface area contributed by atoms with Crippen molar-refractivity contribution in [2.24, 2.45) is 0 Å². The Kier molecular flexibility index (Phi) is 3.96. The lowest BCUT2D eigenvalue weighted by atomic mass is 10.1. The molecule has 16 heavy (non-hydrogen) atoms. The molecule has 0 atom stereocenters. The highest BCUT2D eigenvalue weighted by molar-refractivity contribution is 9.10. The molecule has 0 saturated carbocycles. The number of hydrogen-bond donors (Lipinski definition) is 0. The fourth-order valence-electron chi connectivity index (χ4n) is 1.16. The van der Waals surface area contributed by atoms with E-state index >= 15 is 0 Å². The van der Waals surface area contributed by atoms with Crippen molar-refractivity contribution in [1.29, 1.82) is 0 Å². The Bertz CT molecular complexity index is 402. The first-order valence-corrected chi connectivity index (χ1v) is 5.11. The molecule has 0 radical (unpaired) electrons. The second kappa shape index (κ2) is 4.86. The Morgan fingerprint density at radius 1 is 1.44 bits per heavy atom. The fraction of sp³-hybridized carbons (Fsp3) is 0.300. The number of benzene rings is 1. The Morgan fingerprint density at radius 3 is 2.56 bits per heavy atom. The summed E-state index contributed by atoms with van der Waals surface area (Å²) >= 11 is 3.06. The minimum Gasteiger partial charge on any atom is -0.426 e. The van der Waals surface area contributed by atoms with Gasteiger partial charge in [-0.15, -0.1) is 0 Å². The van der Waals surface area contributed by atoms with Crippen LogP contribution in [-0.2, 0) is 11.2 Å². The number of alkyl halides is 3. The largest absolute Gasteiger partial charge is 0.426 e. The first-order valence-electron chi connectivity index (χ1n) is 4.31. The maximum Gasteiger partial charge on any atom is 0.393 e. The summed E-state index contributed by atoms with van der Waals surface area (Å²) in [5, 5.41) is 0. The molecule has 0 spiro atoms. The van der Waals surface area contributed by atoms with Crippen LogP contribution >= 0.6 is 15.9 Å². The molecular weight excluding hydrogens is 289 g/mol. The summed E-state index contributed by atoms with van der Waals surface area (Å²) in [6.07, 6.45) is -5.47. The number of ether oxygens (including phenoxy) is 1. The molecule has 1 rings (SSSR count). The fourth-order valence-corrected chi connectivity index (χ4v) is 1.57. The molecular formula is C10H8BrF3O2. The zero-order chi connectivity index (χ0) is 12.3. The quantitative estimate of drug-likeness (QED) is 0.617. The number of esters is 1. The van der Waals surface area contributed by atoms with Crippen molar-refractivity contribution < 1.29 is 22.7 Å². The smallest absolute Gasteiger partial charge is 0.393 e. The molecule has 1 aromatic rings. The molecule has 0 aliphatic carbocycles. The third kappa shape index (κ3) is 4.22. The molecule has 0 N–H and O–H groups in total. The molecule has 0 bridgehead atoms. The second-order valence-corrected chi connectivity index (χ2v) is 4.05. The van der Waals surface area contributed by atoms with Crippen molar-refractivity contribution in [2.45, 2.75) is 19.5 Å². The topological polar surface area (TPSA) is 26.3 Å². The average molecular weight is 297 g/mol. The summed E-state index contributed by atoms with van der Waals surface area (Å²) in [5.41, 5.74) is -0.0722. The molecule has 0 amide bonds. The van der Waals surface area contributed by atoms with Gasteiger partial charge >= 0.3 is 12.1 Å². The summed E-state index contributed by atoms with van der Waals surface area (Å²) in [4.78, 5) is 10.7. The van der Waals surface area contributed by atoms with Crippen molar-refractivity contribution in [2.75, 3.05) is 0 Å². The van der Waals surface area contributed by atoms with E-state index in [0.717, 1.165) is 6.92 Å². The highest BCUT2D eigenvalue weighted by Crippen LogP contribution is 2.30. The lowest BCUT2D eigenvalue weighted by molar-refractivity contribution is -0.134. The standard InChI is InChI=1S/C10H8BrF3O2/c1-6(15)16-9-3-2-8(11)4-7(9)5-10(12,13)14/h2-4H,5H2,1H3. The van der Waals surface area contributed by atoms with Crippen LogP contribution in [0.2, 0.25) is 0 Å². The lowest BCUT2D eigenvalue weighted by Gasteiger charge is -2.11. The summed E-state index contributed by atoms with van der Waals surface area (Å²) in [7, 11) is 0. The van der Waals surface area contributed by atoms with Gasteiger partial charge in [0.1, 0.15) is 5.75 Å². The molecule has 6 heteroatoms. The SMILES string of the molecule is CC(=O)Oc1ccc(Br)cc1CC(F)(F)F. The lowest BCUT2D eigenvalue weighted by Crippen LogP contribution is -2.13. The third-order valence-corrected chi connectivity index (χ3v) is 2.16. The molecule has 0 saturated heterocycles. The van der Waals surface area contributed by atoms with Crippen molar-refractivity contribution in [3.05, 3.63) is 28.2 Å². The highest BCUT2D eigenvalue weighted by Gasteiger charge is 2.29. The minimum atomic E-state index is -4.34. The van der Waals surface area contributed by atoms with E-state index in [9.17, 15) is 18.0 Å². The third-order valence-electron chi connectivity index (χ3n) is 1.67. The molecule has 1 aromatic carbocycles. The Balaban J connectivity index is 3.03. The van der Waals surface area contributed by atoms with Gasteiger partial charge in [0, 0.05) is 17.0 Å². The van der Waals surface area contributed by atoms with Crippen LogP contribution in [0.3, 0.4) is 0 Å². The van der Waals surface area contributed by atoms with Crippen LogP contribution in [-0.4, -0.2) is 12.1 Å². The highest BCUT2D eigenvalue weighted by atomic mass is 79.9. The molecule has 0 aliphatic heterocycles. The molecule has 2 nitrogen and oxygen atoms in total. The van der Waals surface area contributed by atoms with Gasteiger partial charge in [-0.1, -0.05) is 15.9 Å². The van der Waals surface area contributed by atoms with Crippen molar-refractivity contribution >= 4 is 21.9 Å². The number of carbonyl (C=O) groups is 1.